The van der Waals surface area contributed by atoms with E-state index in [2.05, 4.69) is 48.2 Å². The highest BCUT2D eigenvalue weighted by Crippen LogP contribution is 2.22. The van der Waals surface area contributed by atoms with Gasteiger partial charge in [-0.2, -0.15) is 0 Å². The quantitative estimate of drug-likeness (QED) is 0.809. The van der Waals surface area contributed by atoms with Gasteiger partial charge in [-0.05, 0) is 29.5 Å². The van der Waals surface area contributed by atoms with Crippen LogP contribution in [0.1, 0.15) is 36.1 Å². The van der Waals surface area contributed by atoms with Crippen molar-refractivity contribution in [3.05, 3.63) is 71.3 Å². The SMILES string of the molecule is CCC(OCC(O)CN1CCc2ccccc2C1)c1ccccc1.Cl. The molecule has 3 nitrogen and oxygen atoms in total. The van der Waals surface area contributed by atoms with E-state index >= 15 is 0 Å². The van der Waals surface area contributed by atoms with Crippen LogP contribution in [0.2, 0.25) is 0 Å². The van der Waals surface area contributed by atoms with Gasteiger partial charge in [-0.3, -0.25) is 4.90 Å². The van der Waals surface area contributed by atoms with E-state index in [1.807, 2.05) is 18.2 Å². The molecule has 0 bridgehead atoms. The fourth-order valence-electron chi connectivity index (χ4n) is 3.41. The summed E-state index contributed by atoms with van der Waals surface area (Å²) in [6, 6.07) is 18.8. The van der Waals surface area contributed by atoms with Crippen molar-refractivity contribution < 1.29 is 9.84 Å². The Kier molecular flexibility index (Phi) is 7.91. The Hall–Kier alpha value is -1.39. The molecule has 1 aliphatic rings. The van der Waals surface area contributed by atoms with Crippen LogP contribution in [0.25, 0.3) is 0 Å². The maximum atomic E-state index is 10.4. The molecule has 0 fully saturated rings. The zero-order chi connectivity index (χ0) is 16.8. The summed E-state index contributed by atoms with van der Waals surface area (Å²) in [6.07, 6.45) is 1.58. The third kappa shape index (κ3) is 5.55. The van der Waals surface area contributed by atoms with Gasteiger partial charge in [0.15, 0.2) is 0 Å². The highest BCUT2D eigenvalue weighted by Gasteiger charge is 2.19. The van der Waals surface area contributed by atoms with E-state index in [-0.39, 0.29) is 18.5 Å². The monoisotopic (exact) mass is 361 g/mol. The Balaban J connectivity index is 0.00000225. The average Bonchev–Trinajstić information content (AvgIpc) is 2.63. The van der Waals surface area contributed by atoms with Crippen molar-refractivity contribution in [2.75, 3.05) is 19.7 Å². The maximum Gasteiger partial charge on any atom is 0.0900 e. The van der Waals surface area contributed by atoms with Crippen molar-refractivity contribution in [1.82, 2.24) is 4.90 Å². The van der Waals surface area contributed by atoms with Crippen molar-refractivity contribution in [2.24, 2.45) is 0 Å². The van der Waals surface area contributed by atoms with Crippen molar-refractivity contribution in [1.29, 1.82) is 0 Å². The summed E-state index contributed by atoms with van der Waals surface area (Å²) in [7, 11) is 0. The van der Waals surface area contributed by atoms with Gasteiger partial charge in [0.2, 0.25) is 0 Å². The number of β-amino-alcohol motifs (C(OH)–C–C–N with tert-alkyl or cyclic N) is 1. The summed E-state index contributed by atoms with van der Waals surface area (Å²) < 4.78 is 5.97. The Labute approximate surface area is 157 Å². The van der Waals surface area contributed by atoms with Gasteiger partial charge in [0.1, 0.15) is 0 Å². The normalized spacial score (nSPS) is 16.6. The number of aliphatic hydroxyl groups excluding tert-OH is 1. The third-order valence-electron chi connectivity index (χ3n) is 4.71. The molecule has 0 amide bonds. The van der Waals surface area contributed by atoms with Crippen LogP contribution in [-0.4, -0.2) is 35.8 Å². The second kappa shape index (κ2) is 9.93. The lowest BCUT2D eigenvalue weighted by molar-refractivity contribution is -0.0249. The molecule has 1 heterocycles. The summed E-state index contributed by atoms with van der Waals surface area (Å²) >= 11 is 0. The molecule has 25 heavy (non-hydrogen) atoms. The van der Waals surface area contributed by atoms with E-state index in [0.717, 1.165) is 25.9 Å². The molecular formula is C21H28ClNO2. The predicted octanol–water partition coefficient (Wildman–Crippen LogP) is 4.00. The first-order valence-corrected chi connectivity index (χ1v) is 8.90. The Morgan fingerprint density at radius 2 is 1.72 bits per heavy atom. The first-order chi connectivity index (χ1) is 11.8. The van der Waals surface area contributed by atoms with Crippen LogP contribution >= 0.6 is 12.4 Å². The van der Waals surface area contributed by atoms with Crippen LogP contribution in [-0.2, 0) is 17.7 Å². The lowest BCUT2D eigenvalue weighted by Gasteiger charge is -2.30. The predicted molar refractivity (Wildman–Crippen MR) is 104 cm³/mol. The Bertz CT molecular complexity index is 635. The second-order valence-corrected chi connectivity index (χ2v) is 6.55. The molecule has 0 saturated heterocycles. The molecule has 0 aliphatic carbocycles. The fourth-order valence-corrected chi connectivity index (χ4v) is 3.41. The lowest BCUT2D eigenvalue weighted by atomic mass is 10.00. The first kappa shape index (κ1) is 19.9. The molecule has 1 N–H and O–H groups in total. The minimum atomic E-state index is -0.451. The number of hydrogen-bond acceptors (Lipinski definition) is 3. The summed E-state index contributed by atoms with van der Waals surface area (Å²) in [5, 5.41) is 10.4. The summed E-state index contributed by atoms with van der Waals surface area (Å²) in [4.78, 5) is 2.32. The van der Waals surface area contributed by atoms with Crippen LogP contribution in [0.15, 0.2) is 54.6 Å². The number of hydrogen-bond donors (Lipinski definition) is 1. The molecule has 2 atom stereocenters. The van der Waals surface area contributed by atoms with Crippen LogP contribution in [0, 0.1) is 0 Å². The van der Waals surface area contributed by atoms with E-state index in [9.17, 15) is 5.11 Å². The molecule has 0 radical (unpaired) electrons. The van der Waals surface area contributed by atoms with Gasteiger partial charge in [0.25, 0.3) is 0 Å². The van der Waals surface area contributed by atoms with Gasteiger partial charge in [-0.1, -0.05) is 61.5 Å². The topological polar surface area (TPSA) is 32.7 Å². The van der Waals surface area contributed by atoms with E-state index in [1.165, 1.54) is 16.7 Å². The van der Waals surface area contributed by atoms with Crippen molar-refractivity contribution in [3.63, 3.8) is 0 Å². The first-order valence-electron chi connectivity index (χ1n) is 8.90. The van der Waals surface area contributed by atoms with Crippen LogP contribution in [0.4, 0.5) is 0 Å². The second-order valence-electron chi connectivity index (χ2n) is 6.55. The molecule has 2 aromatic rings. The summed E-state index contributed by atoms with van der Waals surface area (Å²) in [5.74, 6) is 0. The van der Waals surface area contributed by atoms with E-state index < -0.39 is 6.10 Å². The minimum Gasteiger partial charge on any atom is -0.389 e. The summed E-state index contributed by atoms with van der Waals surface area (Å²) in [6.45, 7) is 5.09. The zero-order valence-corrected chi connectivity index (χ0v) is 15.6. The van der Waals surface area contributed by atoms with Crippen LogP contribution < -0.4 is 0 Å². The number of nitrogens with zero attached hydrogens (tertiary/aromatic N) is 1. The van der Waals surface area contributed by atoms with Gasteiger partial charge in [-0.15, -0.1) is 12.4 Å². The summed E-state index contributed by atoms with van der Waals surface area (Å²) in [5.41, 5.74) is 4.00. The van der Waals surface area contributed by atoms with Gasteiger partial charge in [0.05, 0.1) is 18.8 Å². The highest BCUT2D eigenvalue weighted by molar-refractivity contribution is 5.85. The third-order valence-corrected chi connectivity index (χ3v) is 4.71. The molecule has 2 aromatic carbocycles. The molecule has 1 aliphatic heterocycles. The molecule has 0 spiro atoms. The van der Waals surface area contributed by atoms with Crippen LogP contribution in [0.3, 0.4) is 0 Å². The standard InChI is InChI=1S/C21H27NO2.ClH/c1-2-21(18-9-4-3-5-10-18)24-16-20(23)15-22-13-12-17-8-6-7-11-19(17)14-22;/h3-11,20-21,23H,2,12-16H2,1H3;1H. The molecule has 3 rings (SSSR count). The maximum absolute atomic E-state index is 10.4. The van der Waals surface area contributed by atoms with Crippen molar-refractivity contribution >= 4 is 12.4 Å². The average molecular weight is 362 g/mol. The molecular weight excluding hydrogens is 334 g/mol. The van der Waals surface area contributed by atoms with E-state index in [4.69, 9.17) is 4.74 Å². The largest absolute Gasteiger partial charge is 0.389 e. The van der Waals surface area contributed by atoms with Crippen molar-refractivity contribution in [3.8, 4) is 0 Å². The number of fused-ring (bicyclic) bond motifs is 1. The number of ether oxygens (including phenoxy) is 1. The highest BCUT2D eigenvalue weighted by atomic mass is 35.5. The smallest absolute Gasteiger partial charge is 0.0900 e. The van der Waals surface area contributed by atoms with E-state index in [1.54, 1.807) is 0 Å². The van der Waals surface area contributed by atoms with Crippen LogP contribution in [0.5, 0.6) is 0 Å². The Morgan fingerprint density at radius 3 is 2.44 bits per heavy atom. The van der Waals surface area contributed by atoms with E-state index in [0.29, 0.717) is 13.2 Å². The number of benzene rings is 2. The molecule has 2 unspecified atom stereocenters. The van der Waals surface area contributed by atoms with Gasteiger partial charge in [-0.25, -0.2) is 0 Å². The van der Waals surface area contributed by atoms with Gasteiger partial charge >= 0.3 is 0 Å². The molecule has 0 saturated carbocycles. The fraction of sp³-hybridized carbons (Fsp3) is 0.429. The zero-order valence-electron chi connectivity index (χ0n) is 14.8. The van der Waals surface area contributed by atoms with Gasteiger partial charge < -0.3 is 9.84 Å². The van der Waals surface area contributed by atoms with Crippen molar-refractivity contribution in [2.45, 2.75) is 38.5 Å². The molecule has 0 aromatic heterocycles. The number of rotatable bonds is 7. The lowest BCUT2D eigenvalue weighted by Crippen LogP contribution is -2.38. The minimum absolute atomic E-state index is 0. The number of aliphatic hydroxyl groups is 1. The number of halogens is 1. The molecule has 4 heteroatoms. The van der Waals surface area contributed by atoms with Gasteiger partial charge in [0, 0.05) is 19.6 Å². The Morgan fingerprint density at radius 1 is 1.04 bits per heavy atom. The molecule has 136 valence electrons.